The summed E-state index contributed by atoms with van der Waals surface area (Å²) in [6, 6.07) is 4.13. The summed E-state index contributed by atoms with van der Waals surface area (Å²) >= 11 is 0. The smallest absolute Gasteiger partial charge is 0.360 e. The van der Waals surface area contributed by atoms with Gasteiger partial charge in [-0.2, -0.15) is 0 Å². The van der Waals surface area contributed by atoms with E-state index in [4.69, 9.17) is 14.2 Å². The molecule has 0 N–H and O–H groups in total. The standard InChI is InChI=1S/C8H7NO5/c1-12-8-13-6-3-2-5(9(10)11)4-7(6)14-8/h2-4,8H,1H3. The maximum atomic E-state index is 10.4. The first-order valence-electron chi connectivity index (χ1n) is 3.85. The Labute approximate surface area is 79.1 Å². The monoisotopic (exact) mass is 197 g/mol. The molecule has 1 unspecified atom stereocenters. The molecule has 0 radical (unpaired) electrons. The van der Waals surface area contributed by atoms with E-state index < -0.39 is 11.4 Å². The van der Waals surface area contributed by atoms with Crippen LogP contribution in [0.15, 0.2) is 18.2 Å². The van der Waals surface area contributed by atoms with Crippen molar-refractivity contribution in [3.8, 4) is 11.5 Å². The van der Waals surface area contributed by atoms with Gasteiger partial charge >= 0.3 is 6.48 Å². The Bertz CT molecular complexity index is 378. The topological polar surface area (TPSA) is 70.8 Å². The largest absolute Gasteiger partial charge is 0.428 e. The molecule has 6 nitrogen and oxygen atoms in total. The molecule has 0 spiro atoms. The molecule has 0 amide bonds. The summed E-state index contributed by atoms with van der Waals surface area (Å²) in [5.74, 6) is 0.772. The summed E-state index contributed by atoms with van der Waals surface area (Å²) in [4.78, 5) is 9.93. The van der Waals surface area contributed by atoms with Crippen LogP contribution >= 0.6 is 0 Å². The molecular formula is C8H7NO5. The molecule has 0 saturated carbocycles. The second-order valence-electron chi connectivity index (χ2n) is 2.65. The van der Waals surface area contributed by atoms with Crippen molar-refractivity contribution in [1.82, 2.24) is 0 Å². The molecule has 1 aromatic carbocycles. The fourth-order valence-corrected chi connectivity index (χ4v) is 1.13. The van der Waals surface area contributed by atoms with E-state index in [-0.39, 0.29) is 5.69 Å². The van der Waals surface area contributed by atoms with Crippen molar-refractivity contribution >= 4 is 5.69 Å². The quantitative estimate of drug-likeness (QED) is 0.527. The Morgan fingerprint density at radius 1 is 1.43 bits per heavy atom. The van der Waals surface area contributed by atoms with Crippen LogP contribution < -0.4 is 9.47 Å². The van der Waals surface area contributed by atoms with Crippen molar-refractivity contribution in [2.24, 2.45) is 0 Å². The van der Waals surface area contributed by atoms with E-state index in [9.17, 15) is 10.1 Å². The first kappa shape index (κ1) is 8.76. The van der Waals surface area contributed by atoms with Crippen LogP contribution in [0.3, 0.4) is 0 Å². The predicted octanol–water partition coefficient (Wildman–Crippen LogP) is 1.30. The number of benzene rings is 1. The van der Waals surface area contributed by atoms with Crippen molar-refractivity contribution in [2.45, 2.75) is 6.48 Å². The number of fused-ring (bicyclic) bond motifs is 1. The molecule has 1 aromatic rings. The summed E-state index contributed by atoms with van der Waals surface area (Å²) in [5.41, 5.74) is -0.0379. The van der Waals surface area contributed by atoms with E-state index in [0.717, 1.165) is 0 Å². The highest BCUT2D eigenvalue weighted by molar-refractivity contribution is 5.49. The van der Waals surface area contributed by atoms with Gasteiger partial charge in [-0.25, -0.2) is 0 Å². The van der Waals surface area contributed by atoms with E-state index in [1.54, 1.807) is 0 Å². The van der Waals surface area contributed by atoms with Gasteiger partial charge in [-0.1, -0.05) is 0 Å². The zero-order valence-corrected chi connectivity index (χ0v) is 7.30. The lowest BCUT2D eigenvalue weighted by atomic mass is 10.3. The minimum atomic E-state index is -0.813. The van der Waals surface area contributed by atoms with Crippen molar-refractivity contribution in [3.63, 3.8) is 0 Å². The van der Waals surface area contributed by atoms with Crippen LogP contribution in [-0.2, 0) is 4.74 Å². The van der Waals surface area contributed by atoms with Gasteiger partial charge in [0.2, 0.25) is 0 Å². The van der Waals surface area contributed by atoms with Crippen LogP contribution in [0.5, 0.6) is 11.5 Å². The van der Waals surface area contributed by atoms with Gasteiger partial charge in [0, 0.05) is 13.2 Å². The molecule has 14 heavy (non-hydrogen) atoms. The van der Waals surface area contributed by atoms with Crippen LogP contribution in [-0.4, -0.2) is 18.5 Å². The number of hydrogen-bond acceptors (Lipinski definition) is 5. The highest BCUT2D eigenvalue weighted by Crippen LogP contribution is 2.37. The van der Waals surface area contributed by atoms with Crippen LogP contribution in [0.1, 0.15) is 0 Å². The van der Waals surface area contributed by atoms with Crippen molar-refractivity contribution in [3.05, 3.63) is 28.3 Å². The molecule has 0 aliphatic carbocycles. The Hall–Kier alpha value is -1.82. The van der Waals surface area contributed by atoms with Crippen molar-refractivity contribution < 1.29 is 19.1 Å². The van der Waals surface area contributed by atoms with Gasteiger partial charge in [0.25, 0.3) is 5.69 Å². The summed E-state index contributed by atoms with van der Waals surface area (Å²) in [6.07, 6.45) is 0. The third kappa shape index (κ3) is 1.35. The minimum absolute atomic E-state index is 0.0379. The summed E-state index contributed by atoms with van der Waals surface area (Å²) in [5, 5.41) is 10.4. The zero-order valence-electron chi connectivity index (χ0n) is 7.30. The van der Waals surface area contributed by atoms with Gasteiger partial charge in [0.1, 0.15) is 0 Å². The highest BCUT2D eigenvalue weighted by atomic mass is 16.9. The number of ether oxygens (including phenoxy) is 3. The highest BCUT2D eigenvalue weighted by Gasteiger charge is 2.25. The molecular weight excluding hydrogens is 190 g/mol. The third-order valence-electron chi connectivity index (χ3n) is 1.78. The summed E-state index contributed by atoms with van der Waals surface area (Å²) < 4.78 is 15.0. The van der Waals surface area contributed by atoms with Crippen LogP contribution in [0, 0.1) is 10.1 Å². The fourth-order valence-electron chi connectivity index (χ4n) is 1.13. The van der Waals surface area contributed by atoms with Crippen LogP contribution in [0.2, 0.25) is 0 Å². The molecule has 0 fully saturated rings. The molecule has 1 atom stereocenters. The molecule has 0 saturated heterocycles. The lowest BCUT2D eigenvalue weighted by molar-refractivity contribution is -0.384. The second kappa shape index (κ2) is 3.15. The van der Waals surface area contributed by atoms with Crippen LogP contribution in [0.25, 0.3) is 0 Å². The molecule has 74 valence electrons. The van der Waals surface area contributed by atoms with E-state index in [1.807, 2.05) is 0 Å². The van der Waals surface area contributed by atoms with E-state index in [0.29, 0.717) is 11.5 Å². The van der Waals surface area contributed by atoms with Gasteiger partial charge < -0.3 is 14.2 Å². The minimum Gasteiger partial charge on any atom is -0.428 e. The number of hydrogen-bond donors (Lipinski definition) is 0. The molecule has 0 bridgehead atoms. The predicted molar refractivity (Wildman–Crippen MR) is 45.1 cm³/mol. The van der Waals surface area contributed by atoms with Gasteiger partial charge in [-0.3, -0.25) is 10.1 Å². The average molecular weight is 197 g/mol. The van der Waals surface area contributed by atoms with E-state index in [2.05, 4.69) is 0 Å². The summed E-state index contributed by atoms with van der Waals surface area (Å²) in [7, 11) is 1.42. The Morgan fingerprint density at radius 2 is 2.14 bits per heavy atom. The van der Waals surface area contributed by atoms with Gasteiger partial charge in [-0.05, 0) is 6.07 Å². The number of rotatable bonds is 2. The maximum Gasteiger partial charge on any atom is 0.360 e. The van der Waals surface area contributed by atoms with Gasteiger partial charge in [0.15, 0.2) is 11.5 Å². The molecule has 1 heterocycles. The SMILES string of the molecule is COC1Oc2ccc([N+](=O)[O-])cc2O1. The first-order valence-corrected chi connectivity index (χ1v) is 3.85. The van der Waals surface area contributed by atoms with E-state index >= 15 is 0 Å². The lowest BCUT2D eigenvalue weighted by Crippen LogP contribution is -2.19. The number of nitrogens with zero attached hydrogens (tertiary/aromatic N) is 1. The number of methoxy groups -OCH3 is 1. The maximum absolute atomic E-state index is 10.4. The molecule has 1 aliphatic rings. The molecule has 1 aliphatic heterocycles. The molecule has 6 heteroatoms. The zero-order chi connectivity index (χ0) is 10.1. The first-order chi connectivity index (χ1) is 6.70. The second-order valence-corrected chi connectivity index (χ2v) is 2.65. The third-order valence-corrected chi connectivity index (χ3v) is 1.78. The number of non-ortho nitro benzene ring substituents is 1. The normalized spacial score (nSPS) is 18.2. The number of nitro groups is 1. The van der Waals surface area contributed by atoms with Crippen LogP contribution in [0.4, 0.5) is 5.69 Å². The number of nitro benzene ring substituents is 1. The lowest BCUT2D eigenvalue weighted by Gasteiger charge is -2.05. The Kier molecular flexibility index (Phi) is 1.97. The van der Waals surface area contributed by atoms with Crippen molar-refractivity contribution in [1.29, 1.82) is 0 Å². The summed E-state index contributed by atoms with van der Waals surface area (Å²) in [6.45, 7) is -0.813. The van der Waals surface area contributed by atoms with Crippen molar-refractivity contribution in [2.75, 3.05) is 7.11 Å². The fraction of sp³-hybridized carbons (Fsp3) is 0.250. The Morgan fingerprint density at radius 3 is 2.79 bits per heavy atom. The molecule has 2 rings (SSSR count). The van der Waals surface area contributed by atoms with Gasteiger partial charge in [0.05, 0.1) is 11.0 Å². The average Bonchev–Trinajstić information content (AvgIpc) is 2.58. The molecule has 0 aromatic heterocycles. The van der Waals surface area contributed by atoms with Gasteiger partial charge in [-0.15, -0.1) is 0 Å². The van der Waals surface area contributed by atoms with E-state index in [1.165, 1.54) is 25.3 Å². The Balaban J connectivity index is 2.31.